The van der Waals surface area contributed by atoms with E-state index in [0.717, 1.165) is 16.7 Å². The Morgan fingerprint density at radius 2 is 0.928 bits per heavy atom. The third kappa shape index (κ3) is 29.0. The van der Waals surface area contributed by atoms with E-state index in [0.29, 0.717) is 27.8 Å². The maximum absolute atomic E-state index is 15.7. The van der Waals surface area contributed by atoms with E-state index < -0.39 is 195 Å². The molecule has 4 aliphatic rings. The van der Waals surface area contributed by atoms with Crippen molar-refractivity contribution in [2.24, 2.45) is 17.6 Å². The van der Waals surface area contributed by atoms with Crippen LogP contribution < -0.4 is 5.73 Å². The highest BCUT2D eigenvalue weighted by Gasteiger charge is 2.60. The molecule has 4 aliphatic heterocycles. The second kappa shape index (κ2) is 52.0. The van der Waals surface area contributed by atoms with E-state index in [4.69, 9.17) is 115 Å². The maximum Gasteiger partial charge on any atom is 0.338 e. The van der Waals surface area contributed by atoms with Gasteiger partial charge in [0.05, 0.1) is 88.4 Å². The minimum atomic E-state index is -2.36. The van der Waals surface area contributed by atoms with E-state index in [9.17, 15) is 15.0 Å². The van der Waals surface area contributed by atoms with Gasteiger partial charge in [0, 0.05) is 62.3 Å². The van der Waals surface area contributed by atoms with Gasteiger partial charge in [-0.05, 0) is 79.8 Å². The quantitative estimate of drug-likeness (QED) is 0.0138. The summed E-state index contributed by atoms with van der Waals surface area (Å²) in [6.07, 6.45) is -33.6. The molecule has 0 amide bonds. The molecule has 4 heterocycles. The van der Waals surface area contributed by atoms with Gasteiger partial charge in [-0.2, -0.15) is 0 Å². The lowest BCUT2D eigenvalue weighted by atomic mass is 9.93. The molecule has 0 aromatic heterocycles. The molecule has 10 aromatic rings. The summed E-state index contributed by atoms with van der Waals surface area (Å²) in [4.78, 5) is 45.0. The molecule has 4 N–H and O–H groups in total. The van der Waals surface area contributed by atoms with Crippen LogP contribution >= 0.6 is 0 Å². The maximum atomic E-state index is 15.7. The molecular weight excluding hydrogens is 1780 g/mol. The number of rotatable bonds is 49. The van der Waals surface area contributed by atoms with Crippen molar-refractivity contribution < 1.29 is 134 Å². The normalized spacial score (nSPS) is 24.2. The first-order valence-electron chi connectivity index (χ1n) is 46.9. The molecule has 0 bridgehead atoms. The molecule has 10 aromatic carbocycles. The number of esters is 3. The zero-order chi connectivity index (χ0) is 97.6. The van der Waals surface area contributed by atoms with Crippen LogP contribution in [0.4, 0.5) is 0 Å². The van der Waals surface area contributed by atoms with E-state index in [1.807, 2.05) is 232 Å². The minimum absolute atomic E-state index is 0.00773. The lowest BCUT2D eigenvalue weighted by Crippen LogP contribution is -2.68. The van der Waals surface area contributed by atoms with Crippen LogP contribution in [0, 0.1) is 11.8 Å². The van der Waals surface area contributed by atoms with Crippen molar-refractivity contribution in [1.29, 1.82) is 0 Å². The highest BCUT2D eigenvalue weighted by Crippen LogP contribution is 2.44. The van der Waals surface area contributed by atoms with E-state index in [-0.39, 0.29) is 64.0 Å². The third-order valence-electron chi connectivity index (χ3n) is 24.5. The van der Waals surface area contributed by atoms with Crippen molar-refractivity contribution in [2.45, 2.75) is 229 Å². The fraction of sp³-hybridized carbons (Fsp3) is 0.409. The SMILES string of the molecule is COC(OC/C(O)=C(\OC(O)C(OC(C)=O)C(OCc1ccccc1)C(OCc1ccccc1)C(C)COCc1ccccc1)[C@@H](OC)OC(C1OC(c2ccccc2)OCC1C)C(OCc1ccccc1)C(OC)OC1C(OCc2ccccc2)C(C)OC(OC2C3OC(c4ccccc4)OCC3OC(OC(C)C(C)(C)N)C2OC(=O)c2ccccc2)C1OC(=O)c1ccccc1)c1ccccc1. The molecule has 4 saturated heterocycles. The summed E-state index contributed by atoms with van der Waals surface area (Å²) in [6.45, 7) is 11.0. The summed E-state index contributed by atoms with van der Waals surface area (Å²) in [7, 11) is 4.09. The predicted octanol–water partition coefficient (Wildman–Crippen LogP) is 16.6. The van der Waals surface area contributed by atoms with Gasteiger partial charge < -0.3 is 125 Å². The monoisotopic (exact) mass is 1910 g/mol. The van der Waals surface area contributed by atoms with Crippen LogP contribution in [0.25, 0.3) is 0 Å². The molecule has 25 atom stereocenters. The Bertz CT molecular complexity index is 5310. The van der Waals surface area contributed by atoms with Gasteiger partial charge in [0.25, 0.3) is 0 Å². The number of aliphatic hydroxyl groups excluding tert-OH is 2. The number of ether oxygens (including phenoxy) is 23. The lowest BCUT2D eigenvalue weighted by molar-refractivity contribution is -0.399. The molecule has 4 fully saturated rings. The second-order valence-electron chi connectivity index (χ2n) is 35.3. The van der Waals surface area contributed by atoms with Crippen molar-refractivity contribution in [3.63, 3.8) is 0 Å². The van der Waals surface area contributed by atoms with Gasteiger partial charge in [-0.15, -0.1) is 0 Å². The van der Waals surface area contributed by atoms with Crippen molar-refractivity contribution in [2.75, 3.05) is 47.8 Å². The van der Waals surface area contributed by atoms with Crippen molar-refractivity contribution >= 4 is 17.9 Å². The Morgan fingerprint density at radius 1 is 0.468 bits per heavy atom. The lowest BCUT2D eigenvalue weighted by Gasteiger charge is -2.52. The summed E-state index contributed by atoms with van der Waals surface area (Å²) in [5.74, 6) is -5.24. The van der Waals surface area contributed by atoms with E-state index in [1.54, 1.807) is 113 Å². The standard InChI is InChI=1S/C110H127NO28/c1-70(61-120-63-75-41-21-11-22-42-75)87(121-64-76-43-23-12-24-44-76)92(123-66-78-47-27-14-28-48-78)96(130-74(5)112)102(116)132-90(85(113)68-126-103(117-8)82-55-35-18-36-56-82)106(118-9)137-93(88-71(2)62-125-104(135-88)83-57-37-19-38-58-83)97(124-67-79-49-29-15-30-50-79)107(119-10)138-94-89(122-65-77-45-25-13-26-46-77)72(3)128-108(98(94)133-100(114)80-51-31-16-32-52-80)139-95-91-86(69-127-105(136-91)84-59-39-20-40-60-84)131-109(129-73(4)110(6,7)111)99(95)134-101(115)81-53-33-17-34-54-81/h11-60,70-73,86-89,91-99,102-109,113,116H,61-69,111H2,1-10H3/b90-85+/t70?,71?,72?,73?,86?,87?,88?,89?,91?,92?,93?,94?,95?,96?,97?,98?,99?,102?,103?,104?,105?,106-,107?,108?,109?/m0/s1. The largest absolute Gasteiger partial charge is 0.506 e. The fourth-order valence-electron chi connectivity index (χ4n) is 16.8. The van der Waals surface area contributed by atoms with Crippen LogP contribution in [-0.4, -0.2) is 204 Å². The zero-order valence-electron chi connectivity index (χ0n) is 79.8. The van der Waals surface area contributed by atoms with Crippen LogP contribution in [0.15, 0.2) is 315 Å². The average Bonchev–Trinajstić information content (AvgIpc) is 0.751. The molecule has 139 heavy (non-hydrogen) atoms. The fourth-order valence-corrected chi connectivity index (χ4v) is 16.8. The van der Waals surface area contributed by atoms with Gasteiger partial charge in [0.15, 0.2) is 67.6 Å². The van der Waals surface area contributed by atoms with Gasteiger partial charge in [-0.1, -0.05) is 293 Å². The van der Waals surface area contributed by atoms with Crippen LogP contribution in [0.1, 0.15) is 133 Å². The zero-order valence-corrected chi connectivity index (χ0v) is 79.8. The number of fused-ring (bicyclic) bond motifs is 1. The summed E-state index contributed by atoms with van der Waals surface area (Å²) in [6, 6.07) is 91.0. The molecule has 24 unspecified atom stereocenters. The molecule has 0 aliphatic carbocycles. The van der Waals surface area contributed by atoms with Gasteiger partial charge in [0.1, 0.15) is 55.4 Å². The predicted molar refractivity (Wildman–Crippen MR) is 508 cm³/mol. The minimum Gasteiger partial charge on any atom is -0.506 e. The molecular formula is C110H127NO28. The van der Waals surface area contributed by atoms with E-state index in [1.165, 1.54) is 28.3 Å². The molecule has 0 spiro atoms. The number of nitrogens with two attached hydrogens (primary N) is 1. The van der Waals surface area contributed by atoms with Crippen LogP contribution in [0.5, 0.6) is 0 Å². The Hall–Kier alpha value is -10.9. The second-order valence-corrected chi connectivity index (χ2v) is 35.3. The summed E-state index contributed by atoms with van der Waals surface area (Å²) in [5, 5.41) is 27.1. The van der Waals surface area contributed by atoms with Crippen molar-refractivity contribution in [3.05, 3.63) is 370 Å². The third-order valence-corrected chi connectivity index (χ3v) is 24.5. The van der Waals surface area contributed by atoms with Crippen LogP contribution in [0.3, 0.4) is 0 Å². The number of benzene rings is 10. The van der Waals surface area contributed by atoms with Crippen molar-refractivity contribution in [1.82, 2.24) is 0 Å². The summed E-state index contributed by atoms with van der Waals surface area (Å²) < 4.78 is 160. The molecule has 29 nitrogen and oxygen atoms in total. The number of hydrogen-bond donors (Lipinski definition) is 3. The molecule has 0 saturated carbocycles. The number of aliphatic hydroxyl groups is 2. The number of hydrogen-bond acceptors (Lipinski definition) is 29. The van der Waals surface area contributed by atoms with Gasteiger partial charge in [-0.25, -0.2) is 9.59 Å². The number of carbonyl (C=O) groups is 3. The molecule has 29 heteroatoms. The Labute approximate surface area is 812 Å². The highest BCUT2D eigenvalue weighted by molar-refractivity contribution is 5.90. The summed E-state index contributed by atoms with van der Waals surface area (Å²) >= 11 is 0. The highest BCUT2D eigenvalue weighted by atomic mass is 16.8. The van der Waals surface area contributed by atoms with Crippen LogP contribution in [0.2, 0.25) is 0 Å². The van der Waals surface area contributed by atoms with Crippen molar-refractivity contribution in [3.8, 4) is 0 Å². The Morgan fingerprint density at radius 3 is 1.42 bits per heavy atom. The average molecular weight is 1910 g/mol. The Kier molecular flexibility index (Phi) is 38.9. The van der Waals surface area contributed by atoms with Gasteiger partial charge in [-0.3, -0.25) is 4.79 Å². The van der Waals surface area contributed by atoms with Gasteiger partial charge >= 0.3 is 17.9 Å². The number of carbonyl (C=O) groups excluding carboxylic acids is 3. The first-order valence-corrected chi connectivity index (χ1v) is 46.9. The number of methoxy groups -OCH3 is 3. The molecule has 0 radical (unpaired) electrons. The van der Waals surface area contributed by atoms with E-state index in [2.05, 4.69) is 0 Å². The molecule has 740 valence electrons. The topological polar surface area (TPSA) is 330 Å². The van der Waals surface area contributed by atoms with E-state index >= 15 is 9.59 Å². The first-order chi connectivity index (χ1) is 67.6. The van der Waals surface area contributed by atoms with Crippen LogP contribution in [-0.2, 0) is 147 Å². The van der Waals surface area contributed by atoms with Gasteiger partial charge in [0.2, 0.25) is 12.6 Å². The summed E-state index contributed by atoms with van der Waals surface area (Å²) in [5.41, 5.74) is 11.6. The Balaban J connectivity index is 0.923. The smallest absolute Gasteiger partial charge is 0.338 e. The first kappa shape index (κ1) is 104. The molecule has 14 rings (SSSR count).